The summed E-state index contributed by atoms with van der Waals surface area (Å²) in [6.45, 7) is 0.737. The van der Waals surface area contributed by atoms with Gasteiger partial charge < -0.3 is 4.74 Å². The standard InChI is InChI=1S/C15H15N7O2S/c23-13(17-15-19-18-14(25-15)11-7-4-8-24-11)12(22-9-16-20-21-22)10-5-2-1-3-6-10/h1-3,5-6,9,11-12H,4,7-8H2,(H,17,19,23)/t11?,12-/m0/s1. The molecule has 3 aromatic rings. The average Bonchev–Trinajstić information content (AvgIpc) is 3.38. The number of hydrogen-bond donors (Lipinski definition) is 1. The first-order valence-electron chi connectivity index (χ1n) is 7.84. The van der Waals surface area contributed by atoms with Gasteiger partial charge in [0.05, 0.1) is 0 Å². The van der Waals surface area contributed by atoms with Gasteiger partial charge in [-0.3, -0.25) is 10.1 Å². The number of carbonyl (C=O) groups excluding carboxylic acids is 1. The van der Waals surface area contributed by atoms with Crippen LogP contribution >= 0.6 is 11.3 Å². The molecular weight excluding hydrogens is 342 g/mol. The van der Waals surface area contributed by atoms with Crippen molar-refractivity contribution in [2.75, 3.05) is 11.9 Å². The lowest BCUT2D eigenvalue weighted by Crippen LogP contribution is -2.27. The highest BCUT2D eigenvalue weighted by molar-refractivity contribution is 7.15. The molecule has 1 saturated heterocycles. The van der Waals surface area contributed by atoms with Crippen molar-refractivity contribution in [3.8, 4) is 0 Å². The molecule has 1 fully saturated rings. The van der Waals surface area contributed by atoms with Crippen molar-refractivity contribution >= 4 is 22.4 Å². The van der Waals surface area contributed by atoms with E-state index < -0.39 is 6.04 Å². The molecule has 0 spiro atoms. The Balaban J connectivity index is 1.55. The van der Waals surface area contributed by atoms with Gasteiger partial charge >= 0.3 is 0 Å². The molecule has 0 saturated carbocycles. The van der Waals surface area contributed by atoms with Gasteiger partial charge in [0.15, 0.2) is 6.04 Å². The van der Waals surface area contributed by atoms with Gasteiger partial charge in [-0.25, -0.2) is 4.68 Å². The third-order valence-electron chi connectivity index (χ3n) is 3.87. The van der Waals surface area contributed by atoms with Crippen LogP contribution in [0, 0.1) is 0 Å². The van der Waals surface area contributed by atoms with Crippen molar-refractivity contribution in [1.82, 2.24) is 30.4 Å². The molecule has 4 rings (SSSR count). The van der Waals surface area contributed by atoms with E-state index in [0.29, 0.717) is 5.13 Å². The van der Waals surface area contributed by atoms with Crippen LogP contribution in [-0.2, 0) is 9.53 Å². The molecule has 1 aliphatic heterocycles. The number of benzene rings is 1. The van der Waals surface area contributed by atoms with E-state index in [-0.39, 0.29) is 12.0 Å². The minimum absolute atomic E-state index is 0.0208. The monoisotopic (exact) mass is 357 g/mol. The molecule has 0 bridgehead atoms. The number of carbonyl (C=O) groups is 1. The summed E-state index contributed by atoms with van der Waals surface area (Å²) in [4.78, 5) is 12.8. The zero-order valence-corrected chi connectivity index (χ0v) is 14.0. The summed E-state index contributed by atoms with van der Waals surface area (Å²) in [7, 11) is 0. The lowest BCUT2D eigenvalue weighted by Gasteiger charge is -2.15. The molecule has 25 heavy (non-hydrogen) atoms. The number of anilines is 1. The van der Waals surface area contributed by atoms with Crippen LogP contribution in [0.3, 0.4) is 0 Å². The fourth-order valence-corrected chi connectivity index (χ4v) is 3.54. The fraction of sp³-hybridized carbons (Fsp3) is 0.333. The van der Waals surface area contributed by atoms with Gasteiger partial charge in [0, 0.05) is 6.61 Å². The Morgan fingerprint density at radius 3 is 2.92 bits per heavy atom. The average molecular weight is 357 g/mol. The van der Waals surface area contributed by atoms with Crippen LogP contribution in [0.4, 0.5) is 5.13 Å². The summed E-state index contributed by atoms with van der Waals surface area (Å²) in [6, 6.07) is 8.62. The van der Waals surface area contributed by atoms with E-state index in [2.05, 4.69) is 31.0 Å². The predicted molar refractivity (Wildman–Crippen MR) is 88.9 cm³/mol. The second-order valence-electron chi connectivity index (χ2n) is 5.54. The van der Waals surface area contributed by atoms with E-state index in [1.165, 1.54) is 22.3 Å². The van der Waals surface area contributed by atoms with Crippen molar-refractivity contribution in [2.24, 2.45) is 0 Å². The number of amides is 1. The number of tetrazole rings is 1. The third-order valence-corrected chi connectivity index (χ3v) is 4.80. The number of rotatable bonds is 5. The molecule has 3 heterocycles. The number of hydrogen-bond acceptors (Lipinski definition) is 8. The van der Waals surface area contributed by atoms with E-state index in [1.807, 2.05) is 30.3 Å². The molecule has 0 aliphatic carbocycles. The Morgan fingerprint density at radius 1 is 1.32 bits per heavy atom. The summed E-state index contributed by atoms with van der Waals surface area (Å²) in [5.41, 5.74) is 0.774. The molecule has 1 N–H and O–H groups in total. The Labute approximate surface area is 147 Å². The number of nitrogens with one attached hydrogen (secondary N) is 1. The van der Waals surface area contributed by atoms with Gasteiger partial charge in [0.1, 0.15) is 17.4 Å². The number of aromatic nitrogens is 6. The molecule has 1 unspecified atom stereocenters. The van der Waals surface area contributed by atoms with Crippen molar-refractivity contribution < 1.29 is 9.53 Å². The second-order valence-corrected chi connectivity index (χ2v) is 6.55. The zero-order chi connectivity index (χ0) is 17.1. The molecule has 1 aromatic carbocycles. The first-order valence-corrected chi connectivity index (χ1v) is 8.66. The molecule has 0 radical (unpaired) electrons. The van der Waals surface area contributed by atoms with Crippen LogP contribution < -0.4 is 5.32 Å². The van der Waals surface area contributed by atoms with Crippen LogP contribution in [0.1, 0.15) is 35.6 Å². The van der Waals surface area contributed by atoms with Gasteiger partial charge in [-0.05, 0) is 28.8 Å². The lowest BCUT2D eigenvalue weighted by atomic mass is 10.1. The maximum Gasteiger partial charge on any atom is 0.255 e. The summed E-state index contributed by atoms with van der Waals surface area (Å²) in [5.74, 6) is -0.284. The molecular formula is C15H15N7O2S. The highest BCUT2D eigenvalue weighted by Crippen LogP contribution is 2.32. The van der Waals surface area contributed by atoms with Gasteiger partial charge in [0.25, 0.3) is 5.91 Å². The lowest BCUT2D eigenvalue weighted by molar-refractivity contribution is -0.118. The smallest absolute Gasteiger partial charge is 0.255 e. The number of ether oxygens (including phenoxy) is 1. The van der Waals surface area contributed by atoms with Crippen LogP contribution in [0.2, 0.25) is 0 Å². The third kappa shape index (κ3) is 3.39. The van der Waals surface area contributed by atoms with Crippen molar-refractivity contribution in [2.45, 2.75) is 25.0 Å². The maximum atomic E-state index is 12.8. The number of nitrogens with zero attached hydrogens (tertiary/aromatic N) is 6. The van der Waals surface area contributed by atoms with Crippen molar-refractivity contribution in [3.05, 3.63) is 47.2 Å². The topological polar surface area (TPSA) is 108 Å². The Hall–Kier alpha value is -2.72. The molecule has 9 nitrogen and oxygen atoms in total. The van der Waals surface area contributed by atoms with Gasteiger partial charge in [-0.1, -0.05) is 41.7 Å². The van der Waals surface area contributed by atoms with E-state index in [1.54, 1.807) is 0 Å². The molecule has 1 amide bonds. The van der Waals surface area contributed by atoms with E-state index in [4.69, 9.17) is 4.74 Å². The minimum Gasteiger partial charge on any atom is -0.371 e. The van der Waals surface area contributed by atoms with Crippen LogP contribution in [0.25, 0.3) is 0 Å². The Morgan fingerprint density at radius 2 is 2.20 bits per heavy atom. The molecule has 128 valence electrons. The first-order chi connectivity index (χ1) is 12.3. The summed E-state index contributed by atoms with van der Waals surface area (Å²) >= 11 is 1.33. The first kappa shape index (κ1) is 15.8. The fourth-order valence-electron chi connectivity index (χ4n) is 2.71. The summed E-state index contributed by atoms with van der Waals surface area (Å²) in [6.07, 6.45) is 3.34. The van der Waals surface area contributed by atoms with Gasteiger partial charge in [0.2, 0.25) is 5.13 Å². The van der Waals surface area contributed by atoms with Crippen LogP contribution in [0.5, 0.6) is 0 Å². The molecule has 2 atom stereocenters. The van der Waals surface area contributed by atoms with Crippen LogP contribution in [0.15, 0.2) is 36.7 Å². The van der Waals surface area contributed by atoms with Gasteiger partial charge in [-0.2, -0.15) is 0 Å². The van der Waals surface area contributed by atoms with Gasteiger partial charge in [-0.15, -0.1) is 15.3 Å². The van der Waals surface area contributed by atoms with Crippen molar-refractivity contribution in [3.63, 3.8) is 0 Å². The molecule has 2 aromatic heterocycles. The predicted octanol–water partition coefficient (Wildman–Crippen LogP) is 1.60. The van der Waals surface area contributed by atoms with Crippen molar-refractivity contribution in [1.29, 1.82) is 0 Å². The summed E-state index contributed by atoms with van der Waals surface area (Å²) < 4.78 is 7.01. The van der Waals surface area contributed by atoms with E-state index in [0.717, 1.165) is 30.0 Å². The minimum atomic E-state index is -0.689. The summed E-state index contributed by atoms with van der Waals surface area (Å²) in [5, 5.41) is 23.3. The van der Waals surface area contributed by atoms with E-state index >= 15 is 0 Å². The largest absolute Gasteiger partial charge is 0.371 e. The Kier molecular flexibility index (Phi) is 4.44. The highest BCUT2D eigenvalue weighted by atomic mass is 32.1. The highest BCUT2D eigenvalue weighted by Gasteiger charge is 2.26. The van der Waals surface area contributed by atoms with Crippen LogP contribution in [-0.4, -0.2) is 42.9 Å². The quantitative estimate of drug-likeness (QED) is 0.739. The zero-order valence-electron chi connectivity index (χ0n) is 13.1. The SMILES string of the molecule is O=C(Nc1nnc(C2CCCO2)s1)[C@H](c1ccccc1)n1cnnn1. The Bertz CT molecular complexity index is 831. The second kappa shape index (κ2) is 7.03. The normalized spacial score (nSPS) is 18.2. The molecule has 10 heteroatoms. The van der Waals surface area contributed by atoms with E-state index in [9.17, 15) is 4.79 Å². The molecule has 1 aliphatic rings. The maximum absolute atomic E-state index is 12.8.